The van der Waals surface area contributed by atoms with Crippen LogP contribution >= 0.6 is 0 Å². The minimum absolute atomic E-state index is 0.308. The van der Waals surface area contributed by atoms with Crippen molar-refractivity contribution in [3.05, 3.63) is 36.7 Å². The molecule has 5 nitrogen and oxygen atoms in total. The van der Waals surface area contributed by atoms with Crippen molar-refractivity contribution in [3.63, 3.8) is 0 Å². The second-order valence-corrected chi connectivity index (χ2v) is 5.61. The molecular weight excluding hydrogens is 274 g/mol. The van der Waals surface area contributed by atoms with Crippen LogP contribution in [-0.2, 0) is 0 Å². The number of rotatable bonds is 5. The Morgan fingerprint density at radius 3 is 2.59 bits per heavy atom. The second kappa shape index (κ2) is 6.13. The van der Waals surface area contributed by atoms with E-state index in [1.807, 2.05) is 36.7 Å². The first-order chi connectivity index (χ1) is 10.7. The molecule has 0 fully saturated rings. The molecule has 1 N–H and O–H groups in total. The third-order valence-electron chi connectivity index (χ3n) is 3.55. The van der Waals surface area contributed by atoms with E-state index in [1.165, 1.54) is 0 Å². The van der Waals surface area contributed by atoms with Crippen LogP contribution in [0.4, 0.5) is 5.82 Å². The predicted molar refractivity (Wildman–Crippen MR) is 89.9 cm³/mol. The molecular formula is C17H21N5. The predicted octanol–water partition coefficient (Wildman–Crippen LogP) is 3.90. The van der Waals surface area contributed by atoms with Crippen LogP contribution in [0.15, 0.2) is 36.7 Å². The molecule has 0 amide bonds. The van der Waals surface area contributed by atoms with Crippen molar-refractivity contribution in [2.24, 2.45) is 0 Å². The van der Waals surface area contributed by atoms with E-state index in [2.05, 4.69) is 40.6 Å². The molecule has 1 aromatic carbocycles. The highest BCUT2D eigenvalue weighted by atomic mass is 15.2. The number of hydrogen-bond donors (Lipinski definition) is 1. The molecule has 3 aromatic rings. The van der Waals surface area contributed by atoms with Crippen molar-refractivity contribution in [2.75, 3.05) is 11.9 Å². The lowest BCUT2D eigenvalue weighted by atomic mass is 10.2. The molecule has 0 saturated carbocycles. The van der Waals surface area contributed by atoms with Gasteiger partial charge in [0.1, 0.15) is 5.52 Å². The Hall–Kier alpha value is -2.43. The number of anilines is 1. The number of hydrogen-bond acceptors (Lipinski definition) is 4. The summed E-state index contributed by atoms with van der Waals surface area (Å²) in [7, 11) is 0. The van der Waals surface area contributed by atoms with Gasteiger partial charge in [0, 0.05) is 18.2 Å². The highest BCUT2D eigenvalue weighted by Crippen LogP contribution is 2.25. The summed E-state index contributed by atoms with van der Waals surface area (Å²) in [6, 6.07) is 10.4. The summed E-state index contributed by atoms with van der Waals surface area (Å²) in [5.74, 6) is 1.54. The van der Waals surface area contributed by atoms with Crippen molar-refractivity contribution in [1.29, 1.82) is 0 Å². The molecule has 0 radical (unpaired) electrons. The molecule has 0 unspecified atom stereocenters. The molecule has 0 saturated heterocycles. The molecule has 0 aliphatic rings. The highest BCUT2D eigenvalue weighted by molar-refractivity contribution is 5.85. The van der Waals surface area contributed by atoms with Gasteiger partial charge in [-0.25, -0.2) is 15.0 Å². The van der Waals surface area contributed by atoms with Gasteiger partial charge >= 0.3 is 0 Å². The Morgan fingerprint density at radius 1 is 1.14 bits per heavy atom. The zero-order valence-corrected chi connectivity index (χ0v) is 13.2. The van der Waals surface area contributed by atoms with Gasteiger partial charge in [-0.3, -0.25) is 0 Å². The fraction of sp³-hybridized carbons (Fsp3) is 0.353. The number of nitrogens with one attached hydrogen (secondary N) is 1. The van der Waals surface area contributed by atoms with Crippen LogP contribution in [0, 0.1) is 0 Å². The van der Waals surface area contributed by atoms with Crippen LogP contribution in [0.3, 0.4) is 0 Å². The smallest absolute Gasteiger partial charge is 0.166 e. The van der Waals surface area contributed by atoms with Crippen LogP contribution < -0.4 is 5.32 Å². The number of nitrogens with zero attached hydrogens (tertiary/aromatic N) is 4. The Bertz CT molecular complexity index is 761. The van der Waals surface area contributed by atoms with E-state index in [0.29, 0.717) is 6.04 Å². The van der Waals surface area contributed by atoms with Gasteiger partial charge in [0.15, 0.2) is 17.3 Å². The summed E-state index contributed by atoms with van der Waals surface area (Å²) in [6.45, 7) is 7.26. The molecule has 0 aliphatic carbocycles. The molecule has 5 heteroatoms. The number of benzene rings is 1. The molecule has 0 bridgehead atoms. The number of aromatic nitrogens is 4. The fourth-order valence-electron chi connectivity index (χ4n) is 2.38. The van der Waals surface area contributed by atoms with Crippen LogP contribution in [0.2, 0.25) is 0 Å². The Balaban J connectivity index is 2.19. The summed E-state index contributed by atoms with van der Waals surface area (Å²) in [5, 5.41) is 3.37. The molecule has 2 heterocycles. The van der Waals surface area contributed by atoms with Gasteiger partial charge in [-0.2, -0.15) is 0 Å². The second-order valence-electron chi connectivity index (χ2n) is 5.61. The molecule has 114 valence electrons. The van der Waals surface area contributed by atoms with Gasteiger partial charge in [-0.05, 0) is 20.3 Å². The minimum atomic E-state index is 0.308. The maximum Gasteiger partial charge on any atom is 0.166 e. The first-order valence-corrected chi connectivity index (χ1v) is 7.74. The van der Waals surface area contributed by atoms with E-state index < -0.39 is 0 Å². The van der Waals surface area contributed by atoms with Crippen LogP contribution in [0.25, 0.3) is 22.6 Å². The molecule has 0 spiro atoms. The van der Waals surface area contributed by atoms with Crippen molar-refractivity contribution in [2.45, 2.75) is 33.2 Å². The van der Waals surface area contributed by atoms with Crippen LogP contribution in [0.1, 0.15) is 33.2 Å². The molecule has 3 rings (SSSR count). The average Bonchev–Trinajstić information content (AvgIpc) is 2.97. The van der Waals surface area contributed by atoms with Crippen molar-refractivity contribution in [1.82, 2.24) is 19.5 Å². The number of imidazole rings is 1. The summed E-state index contributed by atoms with van der Waals surface area (Å²) in [4.78, 5) is 13.9. The van der Waals surface area contributed by atoms with Crippen molar-refractivity contribution < 1.29 is 0 Å². The molecule has 22 heavy (non-hydrogen) atoms. The minimum Gasteiger partial charge on any atom is -0.368 e. The van der Waals surface area contributed by atoms with Gasteiger partial charge in [0.25, 0.3) is 0 Å². The first-order valence-electron chi connectivity index (χ1n) is 7.74. The van der Waals surface area contributed by atoms with E-state index in [-0.39, 0.29) is 0 Å². The molecule has 0 aliphatic heterocycles. The summed E-state index contributed by atoms with van der Waals surface area (Å²) < 4.78 is 2.08. The fourth-order valence-corrected chi connectivity index (χ4v) is 2.38. The van der Waals surface area contributed by atoms with E-state index in [4.69, 9.17) is 4.98 Å². The standard InChI is InChI=1S/C17H21N5/c1-4-10-18-16-14-17(22(11-19-14)12(2)3)21-15(20-16)13-8-6-5-7-9-13/h5-9,11-12H,4,10H2,1-3H3,(H,18,20,21). The summed E-state index contributed by atoms with van der Waals surface area (Å²) in [6.07, 6.45) is 2.88. The third kappa shape index (κ3) is 2.66. The van der Waals surface area contributed by atoms with Gasteiger partial charge in [-0.15, -0.1) is 0 Å². The van der Waals surface area contributed by atoms with Gasteiger partial charge < -0.3 is 9.88 Å². The van der Waals surface area contributed by atoms with Crippen LogP contribution in [0.5, 0.6) is 0 Å². The lowest BCUT2D eigenvalue weighted by molar-refractivity contribution is 0.613. The van der Waals surface area contributed by atoms with E-state index >= 15 is 0 Å². The topological polar surface area (TPSA) is 55.6 Å². The van der Waals surface area contributed by atoms with Crippen molar-refractivity contribution >= 4 is 17.0 Å². The zero-order valence-electron chi connectivity index (χ0n) is 13.2. The maximum absolute atomic E-state index is 4.74. The van der Waals surface area contributed by atoms with Gasteiger partial charge in [0.2, 0.25) is 0 Å². The first kappa shape index (κ1) is 14.5. The third-order valence-corrected chi connectivity index (χ3v) is 3.55. The lowest BCUT2D eigenvalue weighted by Crippen LogP contribution is -2.06. The van der Waals surface area contributed by atoms with Crippen molar-refractivity contribution in [3.8, 4) is 11.4 Å². The SMILES string of the molecule is CCCNc1nc(-c2ccccc2)nc2c1ncn2C(C)C. The Labute approximate surface area is 130 Å². The lowest BCUT2D eigenvalue weighted by Gasteiger charge is -2.11. The van der Waals surface area contributed by atoms with E-state index in [1.54, 1.807) is 0 Å². The average molecular weight is 295 g/mol. The zero-order chi connectivity index (χ0) is 15.5. The number of fused-ring (bicyclic) bond motifs is 1. The Kier molecular flexibility index (Phi) is 4.04. The monoisotopic (exact) mass is 295 g/mol. The quantitative estimate of drug-likeness (QED) is 0.775. The van der Waals surface area contributed by atoms with Crippen LogP contribution in [-0.4, -0.2) is 26.1 Å². The molecule has 2 aromatic heterocycles. The molecule has 0 atom stereocenters. The normalized spacial score (nSPS) is 11.3. The summed E-state index contributed by atoms with van der Waals surface area (Å²) in [5.41, 5.74) is 2.73. The van der Waals surface area contributed by atoms with Gasteiger partial charge in [0.05, 0.1) is 6.33 Å². The maximum atomic E-state index is 4.74. The largest absolute Gasteiger partial charge is 0.368 e. The van der Waals surface area contributed by atoms with E-state index in [0.717, 1.165) is 41.3 Å². The highest BCUT2D eigenvalue weighted by Gasteiger charge is 2.15. The summed E-state index contributed by atoms with van der Waals surface area (Å²) >= 11 is 0. The Morgan fingerprint density at radius 2 is 1.91 bits per heavy atom. The van der Waals surface area contributed by atoms with Gasteiger partial charge in [-0.1, -0.05) is 37.3 Å². The van der Waals surface area contributed by atoms with E-state index in [9.17, 15) is 0 Å².